The van der Waals surface area contributed by atoms with Crippen LogP contribution in [0.25, 0.3) is 0 Å². The molecule has 1 heteroatoms. The maximum absolute atomic E-state index is 9.49. The SMILES string of the molecule is CC1C=CC(C)(CC(C)C(C)O)CC1. The summed E-state index contributed by atoms with van der Waals surface area (Å²) < 4.78 is 0. The van der Waals surface area contributed by atoms with Gasteiger partial charge in [0.05, 0.1) is 6.10 Å². The Balaban J connectivity index is 2.54. The fraction of sp³-hybridized carbons (Fsp3) is 0.846. The molecule has 14 heavy (non-hydrogen) atoms. The molecule has 0 spiro atoms. The van der Waals surface area contributed by atoms with Crippen molar-refractivity contribution >= 4 is 0 Å². The molecule has 0 saturated carbocycles. The van der Waals surface area contributed by atoms with Gasteiger partial charge in [-0.15, -0.1) is 0 Å². The molecular formula is C13H24O. The molecule has 1 N–H and O–H groups in total. The number of hydrogen-bond acceptors (Lipinski definition) is 1. The second-order valence-corrected chi connectivity index (χ2v) is 5.45. The summed E-state index contributed by atoms with van der Waals surface area (Å²) in [6, 6.07) is 0. The van der Waals surface area contributed by atoms with E-state index in [4.69, 9.17) is 0 Å². The standard InChI is InChI=1S/C13H24O/c1-10-5-7-13(4,8-6-10)9-11(2)12(3)14/h5,7,10-12,14H,6,8-9H2,1-4H3. The maximum atomic E-state index is 9.49. The minimum absolute atomic E-state index is 0.181. The van der Waals surface area contributed by atoms with Crippen molar-refractivity contribution in [2.45, 2.75) is 53.1 Å². The molecule has 0 saturated heterocycles. The zero-order valence-electron chi connectivity index (χ0n) is 9.96. The fourth-order valence-electron chi connectivity index (χ4n) is 2.21. The summed E-state index contributed by atoms with van der Waals surface area (Å²) in [5, 5.41) is 9.49. The molecule has 0 heterocycles. The first-order chi connectivity index (χ1) is 6.43. The van der Waals surface area contributed by atoms with Crippen molar-refractivity contribution in [2.75, 3.05) is 0 Å². The van der Waals surface area contributed by atoms with E-state index in [0.29, 0.717) is 11.3 Å². The summed E-state index contributed by atoms with van der Waals surface area (Å²) in [4.78, 5) is 0. The van der Waals surface area contributed by atoms with Gasteiger partial charge in [-0.1, -0.05) is 32.9 Å². The van der Waals surface area contributed by atoms with Crippen LogP contribution in [0.4, 0.5) is 0 Å². The van der Waals surface area contributed by atoms with Gasteiger partial charge in [0.1, 0.15) is 0 Å². The minimum atomic E-state index is -0.181. The molecule has 0 bridgehead atoms. The Morgan fingerprint density at radius 3 is 2.57 bits per heavy atom. The number of aliphatic hydroxyl groups excluding tert-OH is 1. The smallest absolute Gasteiger partial charge is 0.0537 e. The molecule has 4 unspecified atom stereocenters. The van der Waals surface area contributed by atoms with Gasteiger partial charge in [0.25, 0.3) is 0 Å². The van der Waals surface area contributed by atoms with Gasteiger partial charge in [-0.2, -0.15) is 0 Å². The Kier molecular flexibility index (Phi) is 3.77. The number of allylic oxidation sites excluding steroid dienone is 2. The lowest BCUT2D eigenvalue weighted by Gasteiger charge is -2.34. The van der Waals surface area contributed by atoms with Gasteiger partial charge in [0, 0.05) is 0 Å². The van der Waals surface area contributed by atoms with E-state index < -0.39 is 0 Å². The van der Waals surface area contributed by atoms with Crippen molar-refractivity contribution in [1.82, 2.24) is 0 Å². The lowest BCUT2D eigenvalue weighted by Crippen LogP contribution is -2.25. The molecule has 1 rings (SSSR count). The van der Waals surface area contributed by atoms with Crippen LogP contribution in [-0.4, -0.2) is 11.2 Å². The van der Waals surface area contributed by atoms with Crippen LogP contribution in [-0.2, 0) is 0 Å². The third kappa shape index (κ3) is 3.13. The largest absolute Gasteiger partial charge is 0.393 e. The second-order valence-electron chi connectivity index (χ2n) is 5.45. The first-order valence-corrected chi connectivity index (χ1v) is 5.80. The summed E-state index contributed by atoms with van der Waals surface area (Å²) >= 11 is 0. The molecule has 0 aromatic carbocycles. The average molecular weight is 196 g/mol. The fourth-order valence-corrected chi connectivity index (χ4v) is 2.21. The van der Waals surface area contributed by atoms with Crippen molar-refractivity contribution in [3.8, 4) is 0 Å². The second kappa shape index (κ2) is 4.48. The van der Waals surface area contributed by atoms with Gasteiger partial charge in [-0.25, -0.2) is 0 Å². The van der Waals surface area contributed by atoms with E-state index in [0.717, 1.165) is 12.3 Å². The highest BCUT2D eigenvalue weighted by atomic mass is 16.3. The van der Waals surface area contributed by atoms with Gasteiger partial charge < -0.3 is 5.11 Å². The molecule has 0 aliphatic heterocycles. The molecule has 1 aliphatic carbocycles. The lowest BCUT2D eigenvalue weighted by atomic mass is 9.72. The van der Waals surface area contributed by atoms with Gasteiger partial charge in [-0.05, 0) is 43.4 Å². The van der Waals surface area contributed by atoms with Crippen LogP contribution in [0.3, 0.4) is 0 Å². The van der Waals surface area contributed by atoms with Gasteiger partial charge >= 0.3 is 0 Å². The zero-order chi connectivity index (χ0) is 10.8. The lowest BCUT2D eigenvalue weighted by molar-refractivity contribution is 0.104. The van der Waals surface area contributed by atoms with Crippen molar-refractivity contribution in [2.24, 2.45) is 17.3 Å². The molecule has 1 aliphatic rings. The average Bonchev–Trinajstić information content (AvgIpc) is 2.10. The van der Waals surface area contributed by atoms with Crippen molar-refractivity contribution in [1.29, 1.82) is 0 Å². The number of rotatable bonds is 3. The Morgan fingerprint density at radius 2 is 2.14 bits per heavy atom. The topological polar surface area (TPSA) is 20.2 Å². The van der Waals surface area contributed by atoms with E-state index in [1.165, 1.54) is 12.8 Å². The first-order valence-electron chi connectivity index (χ1n) is 5.80. The molecule has 82 valence electrons. The molecular weight excluding hydrogens is 172 g/mol. The normalized spacial score (nSPS) is 36.8. The van der Waals surface area contributed by atoms with Crippen LogP contribution in [0.1, 0.15) is 47.0 Å². The third-order valence-electron chi connectivity index (χ3n) is 3.61. The van der Waals surface area contributed by atoms with E-state index >= 15 is 0 Å². The van der Waals surface area contributed by atoms with Crippen LogP contribution in [0.15, 0.2) is 12.2 Å². The zero-order valence-corrected chi connectivity index (χ0v) is 9.96. The highest BCUT2D eigenvalue weighted by Crippen LogP contribution is 2.38. The summed E-state index contributed by atoms with van der Waals surface area (Å²) in [6.45, 7) is 8.62. The first kappa shape index (κ1) is 11.8. The summed E-state index contributed by atoms with van der Waals surface area (Å²) in [5.74, 6) is 1.14. The molecule has 0 amide bonds. The summed E-state index contributed by atoms with van der Waals surface area (Å²) in [7, 11) is 0. The van der Waals surface area contributed by atoms with Crippen molar-refractivity contribution < 1.29 is 5.11 Å². The highest BCUT2D eigenvalue weighted by molar-refractivity contribution is 5.04. The van der Waals surface area contributed by atoms with Crippen LogP contribution >= 0.6 is 0 Å². The predicted octanol–water partition coefficient (Wildman–Crippen LogP) is 3.39. The number of hydrogen-bond donors (Lipinski definition) is 1. The van der Waals surface area contributed by atoms with E-state index in [9.17, 15) is 5.11 Å². The molecule has 0 aromatic rings. The van der Waals surface area contributed by atoms with E-state index in [1.54, 1.807) is 0 Å². The predicted molar refractivity (Wildman–Crippen MR) is 61.1 cm³/mol. The third-order valence-corrected chi connectivity index (χ3v) is 3.61. The van der Waals surface area contributed by atoms with Gasteiger partial charge in [-0.3, -0.25) is 0 Å². The van der Waals surface area contributed by atoms with E-state index in [-0.39, 0.29) is 6.10 Å². The van der Waals surface area contributed by atoms with Crippen LogP contribution in [0.5, 0.6) is 0 Å². The molecule has 4 atom stereocenters. The van der Waals surface area contributed by atoms with E-state index in [2.05, 4.69) is 32.9 Å². The monoisotopic (exact) mass is 196 g/mol. The number of aliphatic hydroxyl groups is 1. The Bertz CT molecular complexity index is 207. The molecule has 0 fully saturated rings. The van der Waals surface area contributed by atoms with Gasteiger partial charge in [0.2, 0.25) is 0 Å². The van der Waals surface area contributed by atoms with E-state index in [1.807, 2.05) is 6.92 Å². The maximum Gasteiger partial charge on any atom is 0.0537 e. The molecule has 0 radical (unpaired) electrons. The van der Waals surface area contributed by atoms with Crippen LogP contribution in [0.2, 0.25) is 0 Å². The quantitative estimate of drug-likeness (QED) is 0.686. The highest BCUT2D eigenvalue weighted by Gasteiger charge is 2.28. The van der Waals surface area contributed by atoms with Crippen molar-refractivity contribution in [3.63, 3.8) is 0 Å². The summed E-state index contributed by atoms with van der Waals surface area (Å²) in [5.41, 5.74) is 0.322. The van der Waals surface area contributed by atoms with Gasteiger partial charge in [0.15, 0.2) is 0 Å². The minimum Gasteiger partial charge on any atom is -0.393 e. The summed E-state index contributed by atoms with van der Waals surface area (Å²) in [6.07, 6.45) is 8.17. The Hall–Kier alpha value is -0.300. The Labute approximate surface area is 88.2 Å². The molecule has 0 aromatic heterocycles. The molecule has 1 nitrogen and oxygen atoms in total. The van der Waals surface area contributed by atoms with Crippen LogP contribution < -0.4 is 0 Å². The van der Waals surface area contributed by atoms with Crippen LogP contribution in [0, 0.1) is 17.3 Å². The Morgan fingerprint density at radius 1 is 1.50 bits per heavy atom. The van der Waals surface area contributed by atoms with Crippen molar-refractivity contribution in [3.05, 3.63) is 12.2 Å².